The molecular weight excluding hydrogens is 330 g/mol. The van der Waals surface area contributed by atoms with Crippen LogP contribution in [0, 0.1) is 0 Å². The van der Waals surface area contributed by atoms with E-state index in [-0.39, 0.29) is 11.5 Å². The van der Waals surface area contributed by atoms with Crippen LogP contribution in [0.3, 0.4) is 0 Å². The van der Waals surface area contributed by atoms with Gasteiger partial charge in [-0.1, -0.05) is 30.6 Å². The van der Waals surface area contributed by atoms with Crippen LogP contribution in [-0.2, 0) is 4.79 Å². The number of hydrogen-bond donors (Lipinski definition) is 0. The third-order valence-corrected chi connectivity index (χ3v) is 6.89. The first kappa shape index (κ1) is 15.1. The van der Waals surface area contributed by atoms with Crippen molar-refractivity contribution in [3.05, 3.63) is 21.8 Å². The van der Waals surface area contributed by atoms with E-state index >= 15 is 0 Å². The first-order chi connectivity index (χ1) is 11.2. The molecule has 0 radical (unpaired) electrons. The molecule has 2 aliphatic rings. The van der Waals surface area contributed by atoms with Crippen molar-refractivity contribution in [2.24, 2.45) is 0 Å². The Hall–Kier alpha value is -1.47. The summed E-state index contributed by atoms with van der Waals surface area (Å²) in [7, 11) is 0. The molecule has 1 amide bonds. The number of carbonyl (C=O) groups is 1. The summed E-state index contributed by atoms with van der Waals surface area (Å²) in [5, 5.41) is 2.60. The molecule has 2 aromatic rings. The number of anilines is 1. The van der Waals surface area contributed by atoms with E-state index in [0.29, 0.717) is 22.4 Å². The van der Waals surface area contributed by atoms with E-state index in [4.69, 9.17) is 0 Å². The molecule has 2 fully saturated rings. The minimum atomic E-state index is -0.175. The molecule has 1 saturated heterocycles. The smallest absolute Gasteiger partial charge is 0.291 e. The fourth-order valence-electron chi connectivity index (χ4n) is 3.56. The van der Waals surface area contributed by atoms with Gasteiger partial charge in [0.1, 0.15) is 4.70 Å². The van der Waals surface area contributed by atoms with Crippen molar-refractivity contribution >= 4 is 43.1 Å². The Morgan fingerprint density at radius 1 is 1.13 bits per heavy atom. The summed E-state index contributed by atoms with van der Waals surface area (Å²) in [4.78, 5) is 32.9. The number of thiophene rings is 1. The molecule has 3 heterocycles. The van der Waals surface area contributed by atoms with Crippen molar-refractivity contribution in [1.82, 2.24) is 9.88 Å². The zero-order valence-electron chi connectivity index (χ0n) is 12.9. The molecule has 4 rings (SSSR count). The van der Waals surface area contributed by atoms with Gasteiger partial charge >= 0.3 is 0 Å². The molecule has 7 heteroatoms. The third-order valence-electron chi connectivity index (χ3n) is 4.77. The van der Waals surface area contributed by atoms with E-state index in [1.54, 1.807) is 0 Å². The van der Waals surface area contributed by atoms with Crippen molar-refractivity contribution in [2.75, 3.05) is 24.5 Å². The van der Waals surface area contributed by atoms with E-state index in [1.807, 2.05) is 16.3 Å². The van der Waals surface area contributed by atoms with Crippen LogP contribution in [0.5, 0.6) is 0 Å². The quantitative estimate of drug-likeness (QED) is 0.836. The minimum absolute atomic E-state index is 0.175. The molecule has 0 bridgehead atoms. The van der Waals surface area contributed by atoms with Crippen molar-refractivity contribution in [3.8, 4) is 0 Å². The summed E-state index contributed by atoms with van der Waals surface area (Å²) in [5.41, 5.74) is -0.175. The molecule has 0 aromatic carbocycles. The van der Waals surface area contributed by atoms with Crippen LogP contribution >= 0.6 is 22.7 Å². The largest absolute Gasteiger partial charge is 0.337 e. The van der Waals surface area contributed by atoms with Crippen LogP contribution in [0.25, 0.3) is 9.40 Å². The zero-order valence-corrected chi connectivity index (χ0v) is 14.5. The van der Waals surface area contributed by atoms with Crippen molar-refractivity contribution in [1.29, 1.82) is 0 Å². The van der Waals surface area contributed by atoms with Crippen LogP contribution in [0.1, 0.15) is 32.1 Å². The summed E-state index contributed by atoms with van der Waals surface area (Å²) in [6.45, 7) is 1.85. The minimum Gasteiger partial charge on any atom is -0.337 e. The second kappa shape index (κ2) is 6.20. The molecular formula is C16H19N3O2S2. The molecule has 1 aliphatic heterocycles. The number of aromatic nitrogens is 1. The average molecular weight is 349 g/mol. The second-order valence-corrected chi connectivity index (χ2v) is 8.14. The Bertz CT molecular complexity index is 779. The molecule has 0 unspecified atom stereocenters. The first-order valence-electron chi connectivity index (χ1n) is 8.15. The van der Waals surface area contributed by atoms with Crippen LogP contribution in [0.15, 0.2) is 16.2 Å². The molecule has 0 N–H and O–H groups in total. The van der Waals surface area contributed by atoms with Gasteiger partial charge < -0.3 is 9.80 Å². The van der Waals surface area contributed by atoms with Gasteiger partial charge in [0, 0.05) is 19.1 Å². The number of hydrogen-bond acceptors (Lipinski definition) is 6. The highest BCUT2D eigenvalue weighted by molar-refractivity contribution is 7.27. The summed E-state index contributed by atoms with van der Waals surface area (Å²) in [6, 6.07) is 2.38. The summed E-state index contributed by atoms with van der Waals surface area (Å²) < 4.78 is 1.68. The molecule has 2 aromatic heterocycles. The van der Waals surface area contributed by atoms with Crippen LogP contribution < -0.4 is 10.5 Å². The monoisotopic (exact) mass is 349 g/mol. The lowest BCUT2D eigenvalue weighted by Gasteiger charge is -2.40. The van der Waals surface area contributed by atoms with Gasteiger partial charge in [-0.15, -0.1) is 11.3 Å². The average Bonchev–Trinajstić information content (AvgIpc) is 3.05. The summed E-state index contributed by atoms with van der Waals surface area (Å²) >= 11 is 2.94. The molecule has 23 heavy (non-hydrogen) atoms. The normalized spacial score (nSPS) is 20.4. The first-order valence-corrected chi connectivity index (χ1v) is 9.85. The predicted octanol–water partition coefficient (Wildman–Crippen LogP) is 2.70. The van der Waals surface area contributed by atoms with Crippen LogP contribution in [0.2, 0.25) is 0 Å². The Morgan fingerprint density at radius 3 is 2.74 bits per heavy atom. The number of rotatable bonds is 2. The van der Waals surface area contributed by atoms with Crippen molar-refractivity contribution in [2.45, 2.75) is 38.1 Å². The zero-order chi connectivity index (χ0) is 15.8. The van der Waals surface area contributed by atoms with E-state index in [9.17, 15) is 9.59 Å². The van der Waals surface area contributed by atoms with Gasteiger partial charge in [0.2, 0.25) is 5.91 Å². The third kappa shape index (κ3) is 2.87. The van der Waals surface area contributed by atoms with Crippen molar-refractivity contribution in [3.63, 3.8) is 0 Å². The standard InChI is InChI=1S/C16H19N3O2S2/c20-13-10-18(7-8-19(13)11-4-2-1-3-5-11)16-17-15(21)14-12(23-16)6-9-22-14/h6,9,11H,1-5,7-8,10H2. The van der Waals surface area contributed by atoms with Gasteiger partial charge in [-0.05, 0) is 24.3 Å². The molecule has 1 saturated carbocycles. The van der Waals surface area contributed by atoms with Gasteiger partial charge in [-0.2, -0.15) is 4.98 Å². The number of piperazine rings is 1. The van der Waals surface area contributed by atoms with Crippen molar-refractivity contribution < 1.29 is 4.79 Å². The maximum atomic E-state index is 12.6. The topological polar surface area (TPSA) is 53.5 Å². The number of nitrogens with zero attached hydrogens (tertiary/aromatic N) is 3. The maximum absolute atomic E-state index is 12.6. The maximum Gasteiger partial charge on any atom is 0.291 e. The molecule has 0 spiro atoms. The lowest BCUT2D eigenvalue weighted by atomic mass is 9.93. The number of fused-ring (bicyclic) bond motifs is 1. The SMILES string of the molecule is O=C1CN(c2nc(=O)c3sccc3s2)CCN1C1CCCCC1. The van der Waals surface area contributed by atoms with Gasteiger partial charge in [-0.3, -0.25) is 9.59 Å². The molecule has 122 valence electrons. The highest BCUT2D eigenvalue weighted by atomic mass is 32.1. The lowest BCUT2D eigenvalue weighted by Crippen LogP contribution is -2.54. The predicted molar refractivity (Wildman–Crippen MR) is 94.6 cm³/mol. The lowest BCUT2D eigenvalue weighted by molar-refractivity contribution is -0.134. The Kier molecular flexibility index (Phi) is 4.07. The molecule has 0 atom stereocenters. The number of carbonyl (C=O) groups excluding carboxylic acids is 1. The Labute approximate surface area is 142 Å². The van der Waals surface area contributed by atoms with Gasteiger partial charge in [-0.25, -0.2) is 0 Å². The second-order valence-electron chi connectivity index (χ2n) is 6.22. The van der Waals surface area contributed by atoms with Gasteiger partial charge in [0.25, 0.3) is 5.56 Å². The highest BCUT2D eigenvalue weighted by Crippen LogP contribution is 2.29. The van der Waals surface area contributed by atoms with Gasteiger partial charge in [0.05, 0.1) is 11.2 Å². The number of amides is 1. The summed E-state index contributed by atoms with van der Waals surface area (Å²) in [5.74, 6) is 0.176. The Morgan fingerprint density at radius 2 is 1.96 bits per heavy atom. The fourth-order valence-corrected chi connectivity index (χ4v) is 5.51. The summed E-state index contributed by atoms with van der Waals surface area (Å²) in [6.07, 6.45) is 6.03. The molecule has 1 aliphatic carbocycles. The van der Waals surface area contributed by atoms with E-state index in [1.165, 1.54) is 41.9 Å². The van der Waals surface area contributed by atoms with E-state index in [0.717, 1.165) is 30.6 Å². The molecule has 5 nitrogen and oxygen atoms in total. The van der Waals surface area contributed by atoms with Crippen LogP contribution in [0.4, 0.5) is 5.13 Å². The van der Waals surface area contributed by atoms with E-state index < -0.39 is 0 Å². The van der Waals surface area contributed by atoms with Gasteiger partial charge in [0.15, 0.2) is 5.13 Å². The Balaban J connectivity index is 1.53. The van der Waals surface area contributed by atoms with E-state index in [2.05, 4.69) is 9.88 Å². The van der Waals surface area contributed by atoms with Crippen LogP contribution in [-0.4, -0.2) is 41.5 Å². The highest BCUT2D eigenvalue weighted by Gasteiger charge is 2.31. The fraction of sp³-hybridized carbons (Fsp3) is 0.562.